The molecule has 0 radical (unpaired) electrons. The van der Waals surface area contributed by atoms with Crippen LogP contribution in [0.15, 0.2) is 18.6 Å². The van der Waals surface area contributed by atoms with E-state index in [-0.39, 0.29) is 5.91 Å². The summed E-state index contributed by atoms with van der Waals surface area (Å²) < 4.78 is 0. The van der Waals surface area contributed by atoms with Crippen molar-refractivity contribution in [1.29, 1.82) is 0 Å². The van der Waals surface area contributed by atoms with E-state index in [1.54, 1.807) is 12.4 Å². The lowest BCUT2D eigenvalue weighted by molar-refractivity contribution is 0.0722. The van der Waals surface area contributed by atoms with Crippen LogP contribution in [0, 0.1) is 5.92 Å². The van der Waals surface area contributed by atoms with E-state index >= 15 is 0 Å². The summed E-state index contributed by atoms with van der Waals surface area (Å²) in [4.78, 5) is 22.1. The lowest BCUT2D eigenvalue weighted by atomic mass is 9.99. The first kappa shape index (κ1) is 13.0. The number of hydrogen-bond acceptors (Lipinski definition) is 4. The molecular formula is C13H20N4O. The number of nitrogens with one attached hydrogen (secondary N) is 1. The molecule has 2 heterocycles. The highest BCUT2D eigenvalue weighted by molar-refractivity contribution is 5.91. The number of piperidine rings is 1. The molecule has 2 rings (SSSR count). The van der Waals surface area contributed by atoms with Crippen LogP contribution in [0.3, 0.4) is 0 Å². The van der Waals surface area contributed by atoms with Gasteiger partial charge in [0, 0.05) is 25.5 Å². The van der Waals surface area contributed by atoms with Crippen LogP contribution in [0.5, 0.6) is 0 Å². The van der Waals surface area contributed by atoms with Gasteiger partial charge in [-0.1, -0.05) is 0 Å². The van der Waals surface area contributed by atoms with E-state index in [9.17, 15) is 4.79 Å². The summed E-state index contributed by atoms with van der Waals surface area (Å²) in [6.07, 6.45) is 7.06. The minimum Gasteiger partial charge on any atom is -0.337 e. The number of hydrogen-bond donors (Lipinski definition) is 1. The Labute approximate surface area is 108 Å². The number of nitrogens with zero attached hydrogens (tertiary/aromatic N) is 3. The summed E-state index contributed by atoms with van der Waals surface area (Å²) in [5, 5.41) is 3.38. The number of aromatic nitrogens is 2. The normalized spacial score (nSPS) is 19.5. The molecule has 0 spiro atoms. The highest BCUT2D eigenvalue weighted by atomic mass is 16.2. The van der Waals surface area contributed by atoms with Gasteiger partial charge >= 0.3 is 0 Å². The van der Waals surface area contributed by atoms with E-state index < -0.39 is 0 Å². The van der Waals surface area contributed by atoms with E-state index in [1.165, 1.54) is 19.0 Å². The maximum absolute atomic E-state index is 12.3. The average Bonchev–Trinajstić information content (AvgIpc) is 2.46. The highest BCUT2D eigenvalue weighted by Crippen LogP contribution is 2.13. The molecule has 1 saturated heterocycles. The van der Waals surface area contributed by atoms with Crippen molar-refractivity contribution in [3.63, 3.8) is 0 Å². The van der Waals surface area contributed by atoms with Crippen LogP contribution in [-0.4, -0.2) is 47.0 Å². The summed E-state index contributed by atoms with van der Waals surface area (Å²) in [5.41, 5.74) is 0.433. The van der Waals surface area contributed by atoms with Gasteiger partial charge in [-0.3, -0.25) is 9.78 Å². The molecule has 0 saturated carbocycles. The fraction of sp³-hybridized carbons (Fsp3) is 0.615. The van der Waals surface area contributed by atoms with E-state index in [0.29, 0.717) is 18.2 Å². The van der Waals surface area contributed by atoms with Gasteiger partial charge in [0.1, 0.15) is 5.69 Å². The Morgan fingerprint density at radius 3 is 3.06 bits per heavy atom. The molecule has 1 amide bonds. The molecule has 1 unspecified atom stereocenters. The Balaban J connectivity index is 1.97. The topological polar surface area (TPSA) is 58.1 Å². The largest absolute Gasteiger partial charge is 0.337 e. The van der Waals surface area contributed by atoms with E-state index in [2.05, 4.69) is 15.3 Å². The zero-order valence-electron chi connectivity index (χ0n) is 10.8. The van der Waals surface area contributed by atoms with Gasteiger partial charge < -0.3 is 10.2 Å². The molecular weight excluding hydrogens is 228 g/mol. The Morgan fingerprint density at radius 2 is 2.44 bits per heavy atom. The second kappa shape index (κ2) is 6.44. The molecule has 1 aromatic heterocycles. The predicted octanol–water partition coefficient (Wildman–Crippen LogP) is 0.938. The summed E-state index contributed by atoms with van der Waals surface area (Å²) in [7, 11) is 0. The SMILES string of the molecule is CCN(CC1CCCNC1)C(=O)c1cnccn1. The van der Waals surface area contributed by atoms with Crippen molar-refractivity contribution in [2.24, 2.45) is 5.92 Å². The molecule has 0 bridgehead atoms. The van der Waals surface area contributed by atoms with Crippen molar-refractivity contribution in [2.45, 2.75) is 19.8 Å². The summed E-state index contributed by atoms with van der Waals surface area (Å²) >= 11 is 0. The van der Waals surface area contributed by atoms with Gasteiger partial charge in [-0.25, -0.2) is 4.98 Å². The minimum absolute atomic E-state index is 0.0174. The maximum Gasteiger partial charge on any atom is 0.274 e. The fourth-order valence-electron chi connectivity index (χ4n) is 2.32. The third kappa shape index (κ3) is 3.26. The Hall–Kier alpha value is -1.49. The van der Waals surface area contributed by atoms with Gasteiger partial charge in [0.15, 0.2) is 0 Å². The van der Waals surface area contributed by atoms with Gasteiger partial charge in [-0.2, -0.15) is 0 Å². The van der Waals surface area contributed by atoms with Crippen molar-refractivity contribution in [3.8, 4) is 0 Å². The van der Waals surface area contributed by atoms with Gasteiger partial charge in [-0.15, -0.1) is 0 Å². The van der Waals surface area contributed by atoms with Gasteiger partial charge in [0.05, 0.1) is 6.20 Å². The van der Waals surface area contributed by atoms with Crippen molar-refractivity contribution in [1.82, 2.24) is 20.2 Å². The molecule has 0 aliphatic carbocycles. The summed E-state index contributed by atoms with van der Waals surface area (Å²) in [6, 6.07) is 0. The molecule has 98 valence electrons. The third-order valence-corrected chi connectivity index (χ3v) is 3.33. The number of carbonyl (C=O) groups excluding carboxylic acids is 1. The van der Waals surface area contributed by atoms with E-state index in [0.717, 1.165) is 19.6 Å². The van der Waals surface area contributed by atoms with Crippen LogP contribution < -0.4 is 5.32 Å². The van der Waals surface area contributed by atoms with Crippen molar-refractivity contribution < 1.29 is 4.79 Å². The maximum atomic E-state index is 12.3. The molecule has 1 N–H and O–H groups in total. The van der Waals surface area contributed by atoms with Crippen LogP contribution in [0.1, 0.15) is 30.3 Å². The molecule has 5 nitrogen and oxygen atoms in total. The number of carbonyl (C=O) groups is 1. The summed E-state index contributed by atoms with van der Waals surface area (Å²) in [5.74, 6) is 0.537. The molecule has 1 aliphatic rings. The second-order valence-electron chi connectivity index (χ2n) is 4.65. The quantitative estimate of drug-likeness (QED) is 0.861. The van der Waals surface area contributed by atoms with Crippen LogP contribution in [-0.2, 0) is 0 Å². The first-order chi connectivity index (χ1) is 8.81. The van der Waals surface area contributed by atoms with Gasteiger partial charge in [0.2, 0.25) is 0 Å². The van der Waals surface area contributed by atoms with Crippen molar-refractivity contribution >= 4 is 5.91 Å². The molecule has 1 atom stereocenters. The molecule has 18 heavy (non-hydrogen) atoms. The zero-order chi connectivity index (χ0) is 12.8. The first-order valence-electron chi connectivity index (χ1n) is 6.57. The van der Waals surface area contributed by atoms with E-state index in [4.69, 9.17) is 0 Å². The average molecular weight is 248 g/mol. The molecule has 5 heteroatoms. The molecule has 1 aromatic rings. The predicted molar refractivity (Wildman–Crippen MR) is 69.2 cm³/mol. The first-order valence-corrected chi connectivity index (χ1v) is 6.57. The van der Waals surface area contributed by atoms with Crippen LogP contribution in [0.2, 0.25) is 0 Å². The van der Waals surface area contributed by atoms with E-state index in [1.807, 2.05) is 11.8 Å². The Kier molecular flexibility index (Phi) is 4.64. The monoisotopic (exact) mass is 248 g/mol. The third-order valence-electron chi connectivity index (χ3n) is 3.33. The van der Waals surface area contributed by atoms with Crippen LogP contribution in [0.25, 0.3) is 0 Å². The molecule has 0 aromatic carbocycles. The summed E-state index contributed by atoms with van der Waals surface area (Å²) in [6.45, 7) is 5.63. The number of rotatable bonds is 4. The molecule has 1 fully saturated rings. The standard InChI is InChI=1S/C13H20N4O/c1-2-17(10-11-4-3-5-14-8-11)13(18)12-9-15-6-7-16-12/h6-7,9,11,14H,2-5,8,10H2,1H3. The zero-order valence-corrected chi connectivity index (χ0v) is 10.8. The lowest BCUT2D eigenvalue weighted by Crippen LogP contribution is -2.41. The Morgan fingerprint density at radius 1 is 1.56 bits per heavy atom. The molecule has 1 aliphatic heterocycles. The van der Waals surface area contributed by atoms with Crippen LogP contribution in [0.4, 0.5) is 0 Å². The van der Waals surface area contributed by atoms with Crippen molar-refractivity contribution in [2.75, 3.05) is 26.2 Å². The van der Waals surface area contributed by atoms with Crippen LogP contribution >= 0.6 is 0 Å². The highest BCUT2D eigenvalue weighted by Gasteiger charge is 2.21. The lowest BCUT2D eigenvalue weighted by Gasteiger charge is -2.29. The second-order valence-corrected chi connectivity index (χ2v) is 4.65. The van der Waals surface area contributed by atoms with Gasteiger partial charge in [0.25, 0.3) is 5.91 Å². The van der Waals surface area contributed by atoms with Crippen molar-refractivity contribution in [3.05, 3.63) is 24.3 Å². The van der Waals surface area contributed by atoms with Gasteiger partial charge in [-0.05, 0) is 38.8 Å². The fourth-order valence-corrected chi connectivity index (χ4v) is 2.32. The number of amides is 1. The smallest absolute Gasteiger partial charge is 0.274 e. The Bertz CT molecular complexity index is 376. The minimum atomic E-state index is -0.0174.